The maximum absolute atomic E-state index is 5.19. The highest BCUT2D eigenvalue weighted by atomic mass is 32.2. The van der Waals surface area contributed by atoms with Crippen LogP contribution in [0.4, 0.5) is 0 Å². The second-order valence-corrected chi connectivity index (χ2v) is 9.21. The van der Waals surface area contributed by atoms with Gasteiger partial charge in [-0.15, -0.1) is 0 Å². The molecule has 2 heteroatoms. The van der Waals surface area contributed by atoms with E-state index in [1.54, 1.807) is 0 Å². The molecule has 2 aliphatic rings. The highest BCUT2D eigenvalue weighted by molar-refractivity contribution is 7.99. The van der Waals surface area contributed by atoms with Crippen molar-refractivity contribution < 1.29 is 0 Å². The molecule has 1 fully saturated rings. The fourth-order valence-corrected chi connectivity index (χ4v) is 5.63. The van der Waals surface area contributed by atoms with Gasteiger partial charge in [0.25, 0.3) is 0 Å². The standard InChI is InChI=1S/C24H23NS/c1-24(2)19-14-12-16-13-15-20(25-23(16)22(19)24)18-10-6-7-11-21(18)26-17-8-4-3-5-9-17/h3-11,13,15,19,22H,12,14H2,1-2H3/t19-,22-/m1/s1. The number of nitrogens with zero attached hydrogens (tertiary/aromatic N) is 1. The monoisotopic (exact) mass is 357 g/mol. The molecule has 0 radical (unpaired) electrons. The lowest BCUT2D eigenvalue weighted by Gasteiger charge is -2.16. The van der Waals surface area contributed by atoms with Crippen molar-refractivity contribution in [1.82, 2.24) is 4.98 Å². The molecule has 1 nitrogen and oxygen atoms in total. The van der Waals surface area contributed by atoms with Gasteiger partial charge in [-0.25, -0.2) is 0 Å². The number of fused-ring (bicyclic) bond motifs is 3. The molecule has 26 heavy (non-hydrogen) atoms. The van der Waals surface area contributed by atoms with Crippen molar-refractivity contribution >= 4 is 11.8 Å². The summed E-state index contributed by atoms with van der Waals surface area (Å²) in [5.41, 5.74) is 5.61. The Morgan fingerprint density at radius 3 is 2.54 bits per heavy atom. The van der Waals surface area contributed by atoms with Crippen molar-refractivity contribution in [2.24, 2.45) is 11.3 Å². The molecule has 0 spiro atoms. The first-order chi connectivity index (χ1) is 12.6. The van der Waals surface area contributed by atoms with E-state index in [-0.39, 0.29) is 0 Å². The molecule has 0 N–H and O–H groups in total. The second kappa shape index (κ2) is 5.99. The molecule has 2 aliphatic carbocycles. The van der Waals surface area contributed by atoms with Gasteiger partial charge in [-0.3, -0.25) is 4.98 Å². The molecule has 130 valence electrons. The maximum atomic E-state index is 5.19. The van der Waals surface area contributed by atoms with Crippen LogP contribution in [0.15, 0.2) is 76.5 Å². The molecule has 5 rings (SSSR count). The van der Waals surface area contributed by atoms with E-state index in [2.05, 4.69) is 80.6 Å². The molecule has 0 amide bonds. The Bertz CT molecular complexity index is 961. The lowest BCUT2D eigenvalue weighted by Crippen LogP contribution is -2.05. The minimum atomic E-state index is 0.426. The zero-order valence-corrected chi connectivity index (χ0v) is 16.1. The van der Waals surface area contributed by atoms with E-state index in [9.17, 15) is 0 Å². The Labute approximate surface area is 159 Å². The van der Waals surface area contributed by atoms with Crippen LogP contribution in [0.3, 0.4) is 0 Å². The van der Waals surface area contributed by atoms with Gasteiger partial charge in [-0.1, -0.05) is 68.1 Å². The Balaban J connectivity index is 1.55. The SMILES string of the molecule is CC1(C)[C@@H]2CCc3ccc(-c4ccccc4Sc4ccccc4)nc3[C@@H]21. The van der Waals surface area contributed by atoms with Gasteiger partial charge >= 0.3 is 0 Å². The quantitative estimate of drug-likeness (QED) is 0.525. The second-order valence-electron chi connectivity index (χ2n) is 8.10. The first kappa shape index (κ1) is 16.1. The van der Waals surface area contributed by atoms with Crippen molar-refractivity contribution in [1.29, 1.82) is 0 Å². The minimum Gasteiger partial charge on any atom is -0.252 e. The predicted molar refractivity (Wildman–Crippen MR) is 109 cm³/mol. The topological polar surface area (TPSA) is 12.9 Å². The minimum absolute atomic E-state index is 0.426. The number of hydrogen-bond acceptors (Lipinski definition) is 2. The third-order valence-electron chi connectivity index (χ3n) is 6.22. The van der Waals surface area contributed by atoms with E-state index >= 15 is 0 Å². The number of hydrogen-bond donors (Lipinski definition) is 0. The lowest BCUT2D eigenvalue weighted by atomic mass is 9.95. The summed E-state index contributed by atoms with van der Waals surface area (Å²) < 4.78 is 0. The van der Waals surface area contributed by atoms with Crippen LogP contribution in [0.2, 0.25) is 0 Å². The molecule has 1 heterocycles. The highest BCUT2D eigenvalue weighted by Gasteiger charge is 2.60. The van der Waals surface area contributed by atoms with Gasteiger partial charge in [0.1, 0.15) is 0 Å². The van der Waals surface area contributed by atoms with Gasteiger partial charge < -0.3 is 0 Å². The normalized spacial score (nSPS) is 22.4. The number of aryl methyl sites for hydroxylation is 1. The summed E-state index contributed by atoms with van der Waals surface area (Å²) in [7, 11) is 0. The molecule has 1 aromatic heterocycles. The molecule has 0 saturated heterocycles. The zero-order chi connectivity index (χ0) is 17.7. The van der Waals surface area contributed by atoms with Crippen LogP contribution in [-0.2, 0) is 6.42 Å². The van der Waals surface area contributed by atoms with Crippen LogP contribution in [0, 0.1) is 11.3 Å². The van der Waals surface area contributed by atoms with Crippen LogP contribution in [0.1, 0.15) is 37.4 Å². The van der Waals surface area contributed by atoms with Gasteiger partial charge in [0.05, 0.1) is 5.69 Å². The number of pyridine rings is 1. The van der Waals surface area contributed by atoms with Gasteiger partial charge in [0.2, 0.25) is 0 Å². The summed E-state index contributed by atoms with van der Waals surface area (Å²) in [5, 5.41) is 0. The number of aromatic nitrogens is 1. The van der Waals surface area contributed by atoms with E-state index < -0.39 is 0 Å². The van der Waals surface area contributed by atoms with Crippen molar-refractivity contribution in [3.05, 3.63) is 78.0 Å². The van der Waals surface area contributed by atoms with E-state index in [1.807, 2.05) is 11.8 Å². The summed E-state index contributed by atoms with van der Waals surface area (Å²) in [6.45, 7) is 4.82. The van der Waals surface area contributed by atoms with Crippen molar-refractivity contribution in [3.8, 4) is 11.3 Å². The van der Waals surface area contributed by atoms with Crippen molar-refractivity contribution in [3.63, 3.8) is 0 Å². The molecule has 0 unspecified atom stereocenters. The number of rotatable bonds is 3. The van der Waals surface area contributed by atoms with Crippen molar-refractivity contribution in [2.75, 3.05) is 0 Å². The molecular formula is C24H23NS. The van der Waals surface area contributed by atoms with Crippen LogP contribution in [0.5, 0.6) is 0 Å². The Kier molecular flexibility index (Phi) is 3.72. The molecular weight excluding hydrogens is 334 g/mol. The Morgan fingerprint density at radius 1 is 0.923 bits per heavy atom. The summed E-state index contributed by atoms with van der Waals surface area (Å²) in [4.78, 5) is 7.73. The number of benzene rings is 2. The maximum Gasteiger partial charge on any atom is 0.0717 e. The van der Waals surface area contributed by atoms with Crippen molar-refractivity contribution in [2.45, 2.75) is 42.4 Å². The molecule has 0 bridgehead atoms. The van der Waals surface area contributed by atoms with E-state index in [0.717, 1.165) is 11.6 Å². The van der Waals surface area contributed by atoms with Crippen LogP contribution in [-0.4, -0.2) is 4.98 Å². The first-order valence-corrected chi connectivity index (χ1v) is 10.3. The summed E-state index contributed by atoms with van der Waals surface area (Å²) in [6.07, 6.45) is 2.51. The van der Waals surface area contributed by atoms with Crippen LogP contribution >= 0.6 is 11.8 Å². The van der Waals surface area contributed by atoms with E-state index in [4.69, 9.17) is 4.98 Å². The van der Waals surface area contributed by atoms with Gasteiger partial charge in [-0.05, 0) is 54.0 Å². The molecule has 3 aromatic rings. The Hall–Kier alpha value is -2.06. The Morgan fingerprint density at radius 2 is 1.69 bits per heavy atom. The largest absolute Gasteiger partial charge is 0.252 e. The molecule has 2 aromatic carbocycles. The van der Waals surface area contributed by atoms with Gasteiger partial charge in [0, 0.05) is 27.0 Å². The molecule has 0 aliphatic heterocycles. The van der Waals surface area contributed by atoms with Crippen LogP contribution in [0.25, 0.3) is 11.3 Å². The van der Waals surface area contributed by atoms with Gasteiger partial charge in [0.15, 0.2) is 0 Å². The third kappa shape index (κ3) is 2.59. The third-order valence-corrected chi connectivity index (χ3v) is 7.30. The molecule has 2 atom stereocenters. The lowest BCUT2D eigenvalue weighted by molar-refractivity contribution is 0.535. The fraction of sp³-hybridized carbons (Fsp3) is 0.292. The average molecular weight is 358 g/mol. The summed E-state index contributed by atoms with van der Waals surface area (Å²) in [6, 6.07) is 23.8. The smallest absolute Gasteiger partial charge is 0.0717 e. The average Bonchev–Trinajstić information content (AvgIpc) is 3.24. The summed E-state index contributed by atoms with van der Waals surface area (Å²) in [5.74, 6) is 1.48. The predicted octanol–water partition coefficient (Wildman–Crippen LogP) is 6.59. The highest BCUT2D eigenvalue weighted by Crippen LogP contribution is 2.68. The molecule has 1 saturated carbocycles. The van der Waals surface area contributed by atoms with E-state index in [0.29, 0.717) is 11.3 Å². The van der Waals surface area contributed by atoms with E-state index in [1.165, 1.54) is 39.5 Å². The van der Waals surface area contributed by atoms with Gasteiger partial charge in [-0.2, -0.15) is 0 Å². The zero-order valence-electron chi connectivity index (χ0n) is 15.3. The van der Waals surface area contributed by atoms with Crippen LogP contribution < -0.4 is 0 Å². The fourth-order valence-electron chi connectivity index (χ4n) is 4.65. The summed E-state index contributed by atoms with van der Waals surface area (Å²) >= 11 is 1.82. The first-order valence-electron chi connectivity index (χ1n) is 9.47.